The molecule has 0 aliphatic rings. The fourth-order valence-electron chi connectivity index (χ4n) is 2.16. The molecule has 0 heterocycles. The minimum absolute atomic E-state index is 0.561. The molecule has 0 N–H and O–H groups in total. The van der Waals surface area contributed by atoms with Gasteiger partial charge in [0.1, 0.15) is 11.5 Å². The van der Waals surface area contributed by atoms with Gasteiger partial charge in [-0.05, 0) is 30.0 Å². The third kappa shape index (κ3) is 4.59. The van der Waals surface area contributed by atoms with Crippen LogP contribution >= 0.6 is 0 Å². The largest absolute Gasteiger partial charge is 0.497 e. The molecule has 0 saturated heterocycles. The van der Waals surface area contributed by atoms with Crippen molar-refractivity contribution in [3.63, 3.8) is 0 Å². The summed E-state index contributed by atoms with van der Waals surface area (Å²) in [6.45, 7) is 4.52. The number of unbranched alkanes of at least 4 members (excludes halogenated alkanes) is 3. The lowest BCUT2D eigenvalue weighted by Crippen LogP contribution is -1.96. The van der Waals surface area contributed by atoms with Crippen molar-refractivity contribution in [3.8, 4) is 11.5 Å². The predicted molar refractivity (Wildman–Crippen MR) is 76.7 cm³/mol. The molecular formula is C16H26O2. The number of methoxy groups -OCH3 is 2. The zero-order chi connectivity index (χ0) is 13.4. The zero-order valence-corrected chi connectivity index (χ0v) is 12.2. The summed E-state index contributed by atoms with van der Waals surface area (Å²) in [5.74, 6) is 2.32. The van der Waals surface area contributed by atoms with Crippen molar-refractivity contribution in [2.24, 2.45) is 0 Å². The highest BCUT2D eigenvalue weighted by molar-refractivity contribution is 5.39. The van der Waals surface area contributed by atoms with E-state index in [1.807, 2.05) is 6.07 Å². The summed E-state index contributed by atoms with van der Waals surface area (Å²) in [5, 5.41) is 0. The first kappa shape index (κ1) is 14.9. The second-order valence-corrected chi connectivity index (χ2v) is 4.90. The van der Waals surface area contributed by atoms with E-state index >= 15 is 0 Å². The molecule has 0 aliphatic carbocycles. The van der Waals surface area contributed by atoms with Crippen LogP contribution in [0.1, 0.15) is 57.4 Å². The van der Waals surface area contributed by atoms with E-state index in [2.05, 4.69) is 26.0 Å². The van der Waals surface area contributed by atoms with E-state index in [1.54, 1.807) is 14.2 Å². The fraction of sp³-hybridized carbons (Fsp3) is 0.625. The Bertz CT molecular complexity index is 325. The van der Waals surface area contributed by atoms with Gasteiger partial charge in [-0.25, -0.2) is 0 Å². The zero-order valence-electron chi connectivity index (χ0n) is 12.2. The molecule has 1 rings (SSSR count). The van der Waals surface area contributed by atoms with Crippen molar-refractivity contribution in [1.29, 1.82) is 0 Å². The topological polar surface area (TPSA) is 18.5 Å². The van der Waals surface area contributed by atoms with Crippen molar-refractivity contribution >= 4 is 0 Å². The third-order valence-electron chi connectivity index (χ3n) is 3.43. The van der Waals surface area contributed by atoms with Gasteiger partial charge in [-0.1, -0.05) is 39.5 Å². The maximum Gasteiger partial charge on any atom is 0.122 e. The molecule has 2 nitrogen and oxygen atoms in total. The molecule has 0 saturated carbocycles. The van der Waals surface area contributed by atoms with Crippen molar-refractivity contribution in [3.05, 3.63) is 23.8 Å². The van der Waals surface area contributed by atoms with Gasteiger partial charge in [0.05, 0.1) is 14.2 Å². The number of ether oxygens (including phenoxy) is 2. The molecule has 1 aromatic rings. The van der Waals surface area contributed by atoms with Gasteiger partial charge in [0.25, 0.3) is 0 Å². The van der Waals surface area contributed by atoms with Crippen LogP contribution in [0.5, 0.6) is 11.5 Å². The van der Waals surface area contributed by atoms with Gasteiger partial charge in [-0.15, -0.1) is 0 Å². The van der Waals surface area contributed by atoms with Crippen LogP contribution in [0.25, 0.3) is 0 Å². The highest BCUT2D eigenvalue weighted by Gasteiger charge is 2.09. The van der Waals surface area contributed by atoms with Gasteiger partial charge >= 0.3 is 0 Å². The van der Waals surface area contributed by atoms with E-state index in [-0.39, 0.29) is 0 Å². The molecule has 1 unspecified atom stereocenters. The molecule has 0 amide bonds. The molecule has 0 bridgehead atoms. The fourth-order valence-corrected chi connectivity index (χ4v) is 2.16. The Balaban J connectivity index is 2.63. The molecule has 1 atom stereocenters. The molecular weight excluding hydrogens is 224 g/mol. The minimum Gasteiger partial charge on any atom is -0.497 e. The first-order valence-electron chi connectivity index (χ1n) is 6.94. The third-order valence-corrected chi connectivity index (χ3v) is 3.43. The summed E-state index contributed by atoms with van der Waals surface area (Å²) in [7, 11) is 3.40. The smallest absolute Gasteiger partial charge is 0.122 e. The Kier molecular flexibility index (Phi) is 6.63. The Hall–Kier alpha value is -1.18. The first-order chi connectivity index (χ1) is 8.71. The van der Waals surface area contributed by atoms with Crippen LogP contribution in [0.2, 0.25) is 0 Å². The first-order valence-corrected chi connectivity index (χ1v) is 6.94. The standard InChI is InChI=1S/C16H26O2/c1-5-6-7-8-9-13(2)14-10-15(17-3)12-16(11-14)18-4/h10-13H,5-9H2,1-4H3. The Morgan fingerprint density at radius 1 is 0.944 bits per heavy atom. The summed E-state index contributed by atoms with van der Waals surface area (Å²) in [5.41, 5.74) is 1.31. The lowest BCUT2D eigenvalue weighted by atomic mass is 9.94. The number of hydrogen-bond acceptors (Lipinski definition) is 2. The van der Waals surface area contributed by atoms with Gasteiger partial charge in [0.2, 0.25) is 0 Å². The van der Waals surface area contributed by atoms with E-state index in [1.165, 1.54) is 37.7 Å². The van der Waals surface area contributed by atoms with E-state index in [0.29, 0.717) is 5.92 Å². The number of rotatable bonds is 8. The Labute approximate surface area is 111 Å². The summed E-state index contributed by atoms with van der Waals surface area (Å²) in [4.78, 5) is 0. The van der Waals surface area contributed by atoms with Crippen molar-refractivity contribution in [1.82, 2.24) is 0 Å². The summed E-state index contributed by atoms with van der Waals surface area (Å²) < 4.78 is 10.6. The van der Waals surface area contributed by atoms with Crippen molar-refractivity contribution < 1.29 is 9.47 Å². The van der Waals surface area contributed by atoms with Gasteiger partial charge in [-0.2, -0.15) is 0 Å². The van der Waals surface area contributed by atoms with Crippen molar-refractivity contribution in [2.75, 3.05) is 14.2 Å². The molecule has 2 heteroatoms. The molecule has 0 fully saturated rings. The summed E-state index contributed by atoms with van der Waals surface area (Å²) in [6.07, 6.45) is 6.50. The normalized spacial score (nSPS) is 12.2. The lowest BCUT2D eigenvalue weighted by Gasteiger charge is -2.14. The molecule has 0 spiro atoms. The van der Waals surface area contributed by atoms with E-state index < -0.39 is 0 Å². The Morgan fingerprint density at radius 2 is 1.56 bits per heavy atom. The van der Waals surface area contributed by atoms with Gasteiger partial charge in [0.15, 0.2) is 0 Å². The highest BCUT2D eigenvalue weighted by atomic mass is 16.5. The van der Waals surface area contributed by atoms with Crippen LogP contribution in [0.15, 0.2) is 18.2 Å². The van der Waals surface area contributed by atoms with Crippen LogP contribution in [0.3, 0.4) is 0 Å². The quantitative estimate of drug-likeness (QED) is 0.618. The second kappa shape index (κ2) is 8.02. The second-order valence-electron chi connectivity index (χ2n) is 4.90. The van der Waals surface area contributed by atoms with Crippen LogP contribution in [-0.2, 0) is 0 Å². The molecule has 18 heavy (non-hydrogen) atoms. The van der Waals surface area contributed by atoms with Gasteiger partial charge < -0.3 is 9.47 Å². The maximum absolute atomic E-state index is 5.31. The van der Waals surface area contributed by atoms with Crippen LogP contribution < -0.4 is 9.47 Å². The maximum atomic E-state index is 5.31. The average molecular weight is 250 g/mol. The van der Waals surface area contributed by atoms with Crippen LogP contribution in [-0.4, -0.2) is 14.2 Å². The lowest BCUT2D eigenvalue weighted by molar-refractivity contribution is 0.392. The summed E-state index contributed by atoms with van der Waals surface area (Å²) >= 11 is 0. The molecule has 0 aliphatic heterocycles. The SMILES string of the molecule is CCCCCCC(C)c1cc(OC)cc(OC)c1. The van der Waals surface area contributed by atoms with Crippen LogP contribution in [0.4, 0.5) is 0 Å². The van der Waals surface area contributed by atoms with E-state index in [0.717, 1.165) is 11.5 Å². The number of benzene rings is 1. The molecule has 0 aromatic heterocycles. The molecule has 1 aromatic carbocycles. The highest BCUT2D eigenvalue weighted by Crippen LogP contribution is 2.30. The molecule has 102 valence electrons. The predicted octanol–water partition coefficient (Wildman–Crippen LogP) is 4.78. The summed E-state index contributed by atoms with van der Waals surface area (Å²) in [6, 6.07) is 6.16. The van der Waals surface area contributed by atoms with Crippen molar-refractivity contribution in [2.45, 2.75) is 51.9 Å². The van der Waals surface area contributed by atoms with E-state index in [4.69, 9.17) is 9.47 Å². The van der Waals surface area contributed by atoms with E-state index in [9.17, 15) is 0 Å². The average Bonchev–Trinajstić information content (AvgIpc) is 2.42. The minimum atomic E-state index is 0.561. The van der Waals surface area contributed by atoms with Gasteiger partial charge in [0, 0.05) is 6.07 Å². The van der Waals surface area contributed by atoms with Gasteiger partial charge in [-0.3, -0.25) is 0 Å². The van der Waals surface area contributed by atoms with Crippen LogP contribution in [0, 0.1) is 0 Å². The Morgan fingerprint density at radius 3 is 2.06 bits per heavy atom. The number of hydrogen-bond donors (Lipinski definition) is 0. The molecule has 0 radical (unpaired) electrons. The monoisotopic (exact) mass is 250 g/mol.